The molecule has 0 spiro atoms. The van der Waals surface area contributed by atoms with Gasteiger partial charge in [-0.3, -0.25) is 9.78 Å². The summed E-state index contributed by atoms with van der Waals surface area (Å²) < 4.78 is 10.5. The molecule has 0 unspecified atom stereocenters. The first-order valence-corrected chi connectivity index (χ1v) is 7.75. The molecule has 2 aromatic rings. The number of hydrogen-bond acceptors (Lipinski definition) is 5. The van der Waals surface area contributed by atoms with Gasteiger partial charge < -0.3 is 20.1 Å². The number of methoxy groups -OCH3 is 2. The number of carbonyl (C=O) groups is 1. The zero-order chi connectivity index (χ0) is 17.5. The topological polar surface area (TPSA) is 72.5 Å². The largest absolute Gasteiger partial charge is 0.493 e. The van der Waals surface area contributed by atoms with Gasteiger partial charge >= 0.3 is 0 Å². The Bertz CT molecular complexity index is 702. The number of nitrogens with one attached hydrogen (secondary N) is 2. The molecule has 24 heavy (non-hydrogen) atoms. The molecule has 128 valence electrons. The highest BCUT2D eigenvalue weighted by molar-refractivity contribution is 5.93. The van der Waals surface area contributed by atoms with Gasteiger partial charge in [0.25, 0.3) is 5.91 Å². The SMILES string of the molecule is COc1ccc(CNc2ccnc(C(=O)NC(C)C)c2)cc1OC. The first-order valence-electron chi connectivity index (χ1n) is 7.75. The predicted molar refractivity (Wildman–Crippen MR) is 93.7 cm³/mol. The lowest BCUT2D eigenvalue weighted by Crippen LogP contribution is -2.30. The minimum Gasteiger partial charge on any atom is -0.493 e. The maximum atomic E-state index is 12.0. The molecule has 0 aliphatic heterocycles. The van der Waals surface area contributed by atoms with Crippen LogP contribution >= 0.6 is 0 Å². The van der Waals surface area contributed by atoms with Crippen molar-refractivity contribution in [3.05, 3.63) is 47.8 Å². The number of aromatic nitrogens is 1. The molecule has 0 aliphatic carbocycles. The molecule has 0 atom stereocenters. The Morgan fingerprint density at radius 2 is 1.88 bits per heavy atom. The average molecular weight is 329 g/mol. The smallest absolute Gasteiger partial charge is 0.270 e. The lowest BCUT2D eigenvalue weighted by molar-refractivity contribution is 0.0938. The Labute approximate surface area is 142 Å². The molecular weight excluding hydrogens is 306 g/mol. The Hall–Kier alpha value is -2.76. The molecule has 0 saturated carbocycles. The maximum Gasteiger partial charge on any atom is 0.270 e. The monoisotopic (exact) mass is 329 g/mol. The summed E-state index contributed by atoms with van der Waals surface area (Å²) >= 11 is 0. The summed E-state index contributed by atoms with van der Waals surface area (Å²) in [6, 6.07) is 9.37. The summed E-state index contributed by atoms with van der Waals surface area (Å²) in [5.74, 6) is 1.20. The minimum absolute atomic E-state index is 0.0719. The second-order valence-electron chi connectivity index (χ2n) is 5.60. The van der Waals surface area contributed by atoms with E-state index >= 15 is 0 Å². The van der Waals surface area contributed by atoms with Gasteiger partial charge in [0, 0.05) is 24.5 Å². The number of hydrogen-bond donors (Lipinski definition) is 2. The van der Waals surface area contributed by atoms with Gasteiger partial charge in [0.05, 0.1) is 14.2 Å². The Balaban J connectivity index is 2.05. The molecule has 1 amide bonds. The predicted octanol–water partition coefficient (Wildman–Crippen LogP) is 2.85. The highest BCUT2D eigenvalue weighted by Crippen LogP contribution is 2.27. The van der Waals surface area contributed by atoms with Gasteiger partial charge in [-0.1, -0.05) is 6.07 Å². The molecular formula is C18H23N3O3. The van der Waals surface area contributed by atoms with Crippen LogP contribution in [0.1, 0.15) is 29.9 Å². The first-order chi connectivity index (χ1) is 11.5. The lowest BCUT2D eigenvalue weighted by atomic mass is 10.2. The number of nitrogens with zero attached hydrogens (tertiary/aromatic N) is 1. The second kappa shape index (κ2) is 8.19. The molecule has 6 nitrogen and oxygen atoms in total. The van der Waals surface area contributed by atoms with Crippen LogP contribution in [-0.2, 0) is 6.54 Å². The van der Waals surface area contributed by atoms with E-state index in [2.05, 4.69) is 15.6 Å². The molecule has 1 heterocycles. The number of rotatable bonds is 7. The molecule has 0 bridgehead atoms. The van der Waals surface area contributed by atoms with Crippen molar-refractivity contribution in [2.75, 3.05) is 19.5 Å². The lowest BCUT2D eigenvalue weighted by Gasteiger charge is -2.12. The van der Waals surface area contributed by atoms with Gasteiger partial charge in [0.1, 0.15) is 5.69 Å². The van der Waals surface area contributed by atoms with Crippen LogP contribution in [0, 0.1) is 0 Å². The number of amides is 1. The van der Waals surface area contributed by atoms with E-state index in [1.807, 2.05) is 38.1 Å². The van der Waals surface area contributed by atoms with Crippen molar-refractivity contribution in [1.82, 2.24) is 10.3 Å². The van der Waals surface area contributed by atoms with Crippen LogP contribution < -0.4 is 20.1 Å². The molecule has 1 aromatic carbocycles. The summed E-state index contributed by atoms with van der Waals surface area (Å²) in [6.45, 7) is 4.42. The van der Waals surface area contributed by atoms with Crippen LogP contribution in [-0.4, -0.2) is 31.2 Å². The Morgan fingerprint density at radius 1 is 1.12 bits per heavy atom. The third-order valence-electron chi connectivity index (χ3n) is 3.36. The van der Waals surface area contributed by atoms with Crippen LogP contribution in [0.2, 0.25) is 0 Å². The molecule has 2 N–H and O–H groups in total. The van der Waals surface area contributed by atoms with Gasteiger partial charge in [0.15, 0.2) is 11.5 Å². The van der Waals surface area contributed by atoms with E-state index in [1.165, 1.54) is 0 Å². The van der Waals surface area contributed by atoms with E-state index in [4.69, 9.17) is 9.47 Å². The van der Waals surface area contributed by atoms with Gasteiger partial charge in [-0.25, -0.2) is 0 Å². The first kappa shape index (κ1) is 17.6. The van der Waals surface area contributed by atoms with Crippen molar-refractivity contribution in [3.8, 4) is 11.5 Å². The second-order valence-corrected chi connectivity index (χ2v) is 5.60. The summed E-state index contributed by atoms with van der Waals surface area (Å²) in [5.41, 5.74) is 2.26. The van der Waals surface area contributed by atoms with Crippen LogP contribution in [0.4, 0.5) is 5.69 Å². The quantitative estimate of drug-likeness (QED) is 0.817. The van der Waals surface area contributed by atoms with Crippen molar-refractivity contribution < 1.29 is 14.3 Å². The molecule has 2 rings (SSSR count). The summed E-state index contributed by atoms with van der Waals surface area (Å²) in [5, 5.41) is 6.11. The third-order valence-corrected chi connectivity index (χ3v) is 3.36. The number of ether oxygens (including phenoxy) is 2. The van der Waals surface area contributed by atoms with Crippen molar-refractivity contribution in [3.63, 3.8) is 0 Å². The zero-order valence-electron chi connectivity index (χ0n) is 14.4. The average Bonchev–Trinajstić information content (AvgIpc) is 2.59. The van der Waals surface area contributed by atoms with Crippen LogP contribution in [0.5, 0.6) is 11.5 Å². The summed E-state index contributed by atoms with van der Waals surface area (Å²) in [7, 11) is 3.22. The standard InChI is InChI=1S/C18H23N3O3/c1-12(2)21-18(22)15-10-14(7-8-19-15)20-11-13-5-6-16(23-3)17(9-13)24-4/h5-10,12H,11H2,1-4H3,(H,19,20)(H,21,22). The third kappa shape index (κ3) is 4.62. The highest BCUT2D eigenvalue weighted by atomic mass is 16.5. The van der Waals surface area contributed by atoms with Gasteiger partial charge in [-0.05, 0) is 43.7 Å². The van der Waals surface area contributed by atoms with Gasteiger partial charge in [-0.2, -0.15) is 0 Å². The van der Waals surface area contributed by atoms with E-state index in [9.17, 15) is 4.79 Å². The summed E-state index contributed by atoms with van der Waals surface area (Å²) in [6.07, 6.45) is 1.62. The fraction of sp³-hybridized carbons (Fsp3) is 0.333. The van der Waals surface area contributed by atoms with Crippen LogP contribution in [0.3, 0.4) is 0 Å². The molecule has 0 saturated heterocycles. The number of benzene rings is 1. The fourth-order valence-corrected chi connectivity index (χ4v) is 2.20. The maximum absolute atomic E-state index is 12.0. The molecule has 0 radical (unpaired) electrons. The summed E-state index contributed by atoms with van der Waals surface area (Å²) in [4.78, 5) is 16.1. The number of pyridine rings is 1. The van der Waals surface area contributed by atoms with E-state index in [0.717, 1.165) is 11.3 Å². The molecule has 6 heteroatoms. The normalized spacial score (nSPS) is 10.4. The van der Waals surface area contributed by atoms with Crippen molar-refractivity contribution in [2.45, 2.75) is 26.4 Å². The van der Waals surface area contributed by atoms with Crippen LogP contribution in [0.15, 0.2) is 36.5 Å². The van der Waals surface area contributed by atoms with E-state index < -0.39 is 0 Å². The van der Waals surface area contributed by atoms with Gasteiger partial charge in [-0.15, -0.1) is 0 Å². The van der Waals surface area contributed by atoms with Crippen molar-refractivity contribution >= 4 is 11.6 Å². The number of anilines is 1. The van der Waals surface area contributed by atoms with E-state index in [0.29, 0.717) is 23.7 Å². The van der Waals surface area contributed by atoms with Crippen molar-refractivity contribution in [1.29, 1.82) is 0 Å². The van der Waals surface area contributed by atoms with Crippen LogP contribution in [0.25, 0.3) is 0 Å². The Morgan fingerprint density at radius 3 is 2.54 bits per heavy atom. The van der Waals surface area contributed by atoms with Gasteiger partial charge in [0.2, 0.25) is 0 Å². The Kier molecular flexibility index (Phi) is 6.01. The highest BCUT2D eigenvalue weighted by Gasteiger charge is 2.09. The molecule has 1 aromatic heterocycles. The number of carbonyl (C=O) groups excluding carboxylic acids is 1. The molecule has 0 aliphatic rings. The zero-order valence-corrected chi connectivity index (χ0v) is 14.4. The molecule has 0 fully saturated rings. The minimum atomic E-state index is -0.181. The van der Waals surface area contributed by atoms with E-state index in [1.54, 1.807) is 26.5 Å². The van der Waals surface area contributed by atoms with Crippen molar-refractivity contribution in [2.24, 2.45) is 0 Å². The van der Waals surface area contributed by atoms with E-state index in [-0.39, 0.29) is 11.9 Å². The fourth-order valence-electron chi connectivity index (χ4n) is 2.20.